The van der Waals surface area contributed by atoms with Crippen molar-refractivity contribution in [2.24, 2.45) is 0 Å². The second kappa shape index (κ2) is 5.82. The van der Waals surface area contributed by atoms with Crippen LogP contribution in [0.25, 0.3) is 0 Å². The Hall–Kier alpha value is -0.570. The van der Waals surface area contributed by atoms with E-state index in [2.05, 4.69) is 65.8 Å². The maximum absolute atomic E-state index is 4.66. The lowest BCUT2D eigenvalue weighted by Gasteiger charge is -2.36. The molecule has 2 rings (SSSR count). The molecule has 0 saturated heterocycles. The Bertz CT molecular complexity index is 408. The van der Waals surface area contributed by atoms with Gasteiger partial charge in [0, 0.05) is 24.1 Å². The lowest BCUT2D eigenvalue weighted by atomic mass is 9.88. The standard InChI is InChI=1S/C16H25BrN2/c1-16(2,3)12-9-10-15(18-11-12)19(4)14-8-6-5-7-13(14)17/h9-11,13-14H,5-8H2,1-4H3. The van der Waals surface area contributed by atoms with E-state index in [0.29, 0.717) is 10.9 Å². The molecule has 2 nitrogen and oxygen atoms in total. The Morgan fingerprint density at radius 2 is 1.89 bits per heavy atom. The number of aromatic nitrogens is 1. The Labute approximate surface area is 125 Å². The molecule has 1 heterocycles. The smallest absolute Gasteiger partial charge is 0.128 e. The van der Waals surface area contributed by atoms with E-state index in [4.69, 9.17) is 0 Å². The summed E-state index contributed by atoms with van der Waals surface area (Å²) in [5.74, 6) is 1.09. The van der Waals surface area contributed by atoms with Gasteiger partial charge in [0.05, 0.1) is 0 Å². The van der Waals surface area contributed by atoms with Crippen molar-refractivity contribution in [2.75, 3.05) is 11.9 Å². The van der Waals surface area contributed by atoms with Gasteiger partial charge >= 0.3 is 0 Å². The molecule has 0 radical (unpaired) electrons. The average molecular weight is 325 g/mol. The second-order valence-electron chi connectivity index (χ2n) is 6.63. The molecule has 0 N–H and O–H groups in total. The van der Waals surface area contributed by atoms with Crippen molar-refractivity contribution >= 4 is 21.7 Å². The van der Waals surface area contributed by atoms with Crippen molar-refractivity contribution in [1.82, 2.24) is 4.98 Å². The van der Waals surface area contributed by atoms with Crippen molar-refractivity contribution in [3.8, 4) is 0 Å². The highest BCUT2D eigenvalue weighted by molar-refractivity contribution is 9.09. The van der Waals surface area contributed by atoms with E-state index in [9.17, 15) is 0 Å². The third-order valence-electron chi connectivity index (χ3n) is 4.12. The van der Waals surface area contributed by atoms with Gasteiger partial charge in [-0.3, -0.25) is 0 Å². The van der Waals surface area contributed by atoms with Crippen LogP contribution in [-0.4, -0.2) is 22.9 Å². The third-order valence-corrected chi connectivity index (χ3v) is 5.19. The van der Waals surface area contributed by atoms with Crippen LogP contribution in [0.15, 0.2) is 18.3 Å². The summed E-state index contributed by atoms with van der Waals surface area (Å²) >= 11 is 3.83. The van der Waals surface area contributed by atoms with Crippen LogP contribution in [0, 0.1) is 0 Å². The largest absolute Gasteiger partial charge is 0.356 e. The Kier molecular flexibility index (Phi) is 4.54. The normalized spacial score (nSPS) is 24.3. The first-order valence-electron chi connectivity index (χ1n) is 7.23. The summed E-state index contributed by atoms with van der Waals surface area (Å²) in [5, 5.41) is 0. The SMILES string of the molecule is CN(c1ccc(C(C)(C)C)cn1)C1CCCCC1Br. The van der Waals surface area contributed by atoms with Crippen molar-refractivity contribution < 1.29 is 0 Å². The first-order valence-corrected chi connectivity index (χ1v) is 8.14. The molecular weight excluding hydrogens is 300 g/mol. The molecule has 2 atom stereocenters. The zero-order valence-electron chi connectivity index (χ0n) is 12.5. The number of pyridine rings is 1. The van der Waals surface area contributed by atoms with Crippen LogP contribution in [0.3, 0.4) is 0 Å². The van der Waals surface area contributed by atoms with Gasteiger partial charge in [-0.05, 0) is 29.9 Å². The molecule has 19 heavy (non-hydrogen) atoms. The molecule has 0 aromatic carbocycles. The summed E-state index contributed by atoms with van der Waals surface area (Å²) < 4.78 is 0. The highest BCUT2D eigenvalue weighted by Gasteiger charge is 2.27. The van der Waals surface area contributed by atoms with Crippen molar-refractivity contribution in [1.29, 1.82) is 0 Å². The van der Waals surface area contributed by atoms with Crippen molar-refractivity contribution in [2.45, 2.75) is 62.7 Å². The van der Waals surface area contributed by atoms with Gasteiger partial charge < -0.3 is 4.90 Å². The molecule has 0 aliphatic heterocycles. The first-order chi connectivity index (χ1) is 8.89. The van der Waals surface area contributed by atoms with E-state index in [1.54, 1.807) is 0 Å². The van der Waals surface area contributed by atoms with Gasteiger partial charge in [-0.1, -0.05) is 55.6 Å². The van der Waals surface area contributed by atoms with Crippen LogP contribution >= 0.6 is 15.9 Å². The number of rotatable bonds is 2. The second-order valence-corrected chi connectivity index (χ2v) is 7.81. The number of alkyl halides is 1. The van der Waals surface area contributed by atoms with E-state index in [1.165, 1.54) is 31.2 Å². The zero-order chi connectivity index (χ0) is 14.0. The van der Waals surface area contributed by atoms with Gasteiger partial charge in [-0.25, -0.2) is 4.98 Å². The van der Waals surface area contributed by atoms with Gasteiger partial charge in [0.1, 0.15) is 5.82 Å². The van der Waals surface area contributed by atoms with Gasteiger partial charge in [0.25, 0.3) is 0 Å². The van der Waals surface area contributed by atoms with E-state index in [-0.39, 0.29) is 5.41 Å². The highest BCUT2D eigenvalue weighted by atomic mass is 79.9. The van der Waals surface area contributed by atoms with Crippen LogP contribution in [0.1, 0.15) is 52.0 Å². The lowest BCUT2D eigenvalue weighted by molar-refractivity contribution is 0.442. The first kappa shape index (κ1) is 14.8. The molecular formula is C16H25BrN2. The van der Waals surface area contributed by atoms with Crippen LogP contribution in [0.2, 0.25) is 0 Å². The maximum Gasteiger partial charge on any atom is 0.128 e. The average Bonchev–Trinajstić information content (AvgIpc) is 2.38. The van der Waals surface area contributed by atoms with Gasteiger partial charge in [-0.15, -0.1) is 0 Å². The summed E-state index contributed by atoms with van der Waals surface area (Å²) in [7, 11) is 2.17. The van der Waals surface area contributed by atoms with E-state index in [0.717, 1.165) is 5.82 Å². The molecule has 1 aliphatic carbocycles. The van der Waals surface area contributed by atoms with Crippen molar-refractivity contribution in [3.05, 3.63) is 23.9 Å². The Morgan fingerprint density at radius 1 is 1.21 bits per heavy atom. The third kappa shape index (κ3) is 3.50. The molecule has 0 bridgehead atoms. The summed E-state index contributed by atoms with van der Waals surface area (Å²) in [6, 6.07) is 4.95. The van der Waals surface area contributed by atoms with Gasteiger partial charge in [0.15, 0.2) is 0 Å². The number of halogens is 1. The molecule has 1 fully saturated rings. The van der Waals surface area contributed by atoms with E-state index < -0.39 is 0 Å². The fourth-order valence-electron chi connectivity index (χ4n) is 2.71. The van der Waals surface area contributed by atoms with E-state index in [1.807, 2.05) is 6.20 Å². The quantitative estimate of drug-likeness (QED) is 0.743. The monoisotopic (exact) mass is 324 g/mol. The molecule has 1 aliphatic rings. The Morgan fingerprint density at radius 3 is 2.42 bits per heavy atom. The predicted molar refractivity (Wildman–Crippen MR) is 86.3 cm³/mol. The topological polar surface area (TPSA) is 16.1 Å². The minimum Gasteiger partial charge on any atom is -0.356 e. The molecule has 1 saturated carbocycles. The zero-order valence-corrected chi connectivity index (χ0v) is 14.1. The van der Waals surface area contributed by atoms with E-state index >= 15 is 0 Å². The predicted octanol–water partition coefficient (Wildman–Crippen LogP) is 4.52. The molecule has 1 aromatic heterocycles. The van der Waals surface area contributed by atoms with Gasteiger partial charge in [0.2, 0.25) is 0 Å². The van der Waals surface area contributed by atoms with Crippen LogP contribution in [0.4, 0.5) is 5.82 Å². The fraction of sp³-hybridized carbons (Fsp3) is 0.688. The minimum absolute atomic E-state index is 0.174. The summed E-state index contributed by atoms with van der Waals surface area (Å²) in [6.45, 7) is 6.68. The van der Waals surface area contributed by atoms with Crippen LogP contribution in [-0.2, 0) is 5.41 Å². The van der Waals surface area contributed by atoms with Crippen LogP contribution < -0.4 is 4.90 Å². The number of nitrogens with zero attached hydrogens (tertiary/aromatic N) is 2. The minimum atomic E-state index is 0.174. The van der Waals surface area contributed by atoms with Crippen LogP contribution in [0.5, 0.6) is 0 Å². The summed E-state index contributed by atoms with van der Waals surface area (Å²) in [6.07, 6.45) is 7.23. The maximum atomic E-state index is 4.66. The fourth-order valence-corrected chi connectivity index (χ4v) is 3.65. The number of hydrogen-bond donors (Lipinski definition) is 0. The molecule has 0 amide bonds. The molecule has 3 heteroatoms. The molecule has 2 unspecified atom stereocenters. The molecule has 0 spiro atoms. The molecule has 106 valence electrons. The number of anilines is 1. The molecule has 1 aromatic rings. The summed E-state index contributed by atoms with van der Waals surface area (Å²) in [4.78, 5) is 7.59. The summed E-state index contributed by atoms with van der Waals surface area (Å²) in [5.41, 5.74) is 1.47. The lowest BCUT2D eigenvalue weighted by Crippen LogP contribution is -2.41. The van der Waals surface area contributed by atoms with Gasteiger partial charge in [-0.2, -0.15) is 0 Å². The Balaban J connectivity index is 2.13. The highest BCUT2D eigenvalue weighted by Crippen LogP contribution is 2.30. The van der Waals surface area contributed by atoms with Crippen molar-refractivity contribution in [3.63, 3.8) is 0 Å². The number of hydrogen-bond acceptors (Lipinski definition) is 2.